The van der Waals surface area contributed by atoms with Crippen molar-refractivity contribution < 1.29 is 17.9 Å². The van der Waals surface area contributed by atoms with Gasteiger partial charge in [0.25, 0.3) is 15.6 Å². The maximum atomic E-state index is 13.2. The molecule has 1 unspecified atom stereocenters. The Kier molecular flexibility index (Phi) is 7.91. The summed E-state index contributed by atoms with van der Waals surface area (Å²) in [4.78, 5) is 33.4. The van der Waals surface area contributed by atoms with Crippen LogP contribution in [0.4, 0.5) is 5.69 Å². The number of ether oxygens (including phenoxy) is 1. The summed E-state index contributed by atoms with van der Waals surface area (Å²) in [5, 5.41) is 3.09. The molecule has 0 spiro atoms. The molecule has 10 nitrogen and oxygen atoms in total. The zero-order chi connectivity index (χ0) is 27.6. The van der Waals surface area contributed by atoms with Crippen molar-refractivity contribution in [3.8, 4) is 17.0 Å². The van der Waals surface area contributed by atoms with E-state index in [2.05, 4.69) is 20.0 Å². The number of anilines is 1. The van der Waals surface area contributed by atoms with Crippen molar-refractivity contribution >= 4 is 55.7 Å². The Morgan fingerprint density at radius 3 is 2.58 bits per heavy atom. The van der Waals surface area contributed by atoms with Crippen LogP contribution in [0.5, 0.6) is 5.88 Å². The van der Waals surface area contributed by atoms with Gasteiger partial charge in [-0.1, -0.05) is 36.2 Å². The standard InChI is InChI=1S/C25H23Cl2N5O5S/c1-14(23(33)28-2)12-32-13-30-20-7-4-15(8-18(20)25(32)34)16-9-21(24(37-3)29-11-16)31-38(35,36)22-10-17(26)5-6-19(22)27/h4-11,13-14,31H,12H2,1-3H3,(H,28,33). The molecule has 0 bridgehead atoms. The molecule has 198 valence electrons. The van der Waals surface area contributed by atoms with Crippen LogP contribution in [0.15, 0.2) is 64.7 Å². The molecule has 4 rings (SSSR count). The van der Waals surface area contributed by atoms with E-state index in [-0.39, 0.29) is 44.5 Å². The van der Waals surface area contributed by atoms with E-state index in [1.54, 1.807) is 25.1 Å². The molecule has 4 aromatic rings. The highest BCUT2D eigenvalue weighted by molar-refractivity contribution is 7.92. The first-order chi connectivity index (χ1) is 18.0. The summed E-state index contributed by atoms with van der Waals surface area (Å²) < 4.78 is 35.3. The summed E-state index contributed by atoms with van der Waals surface area (Å²) in [7, 11) is -1.26. The molecule has 0 saturated carbocycles. The van der Waals surface area contributed by atoms with Crippen LogP contribution >= 0.6 is 23.2 Å². The second kappa shape index (κ2) is 11.0. The predicted octanol–water partition coefficient (Wildman–Crippen LogP) is 3.96. The highest BCUT2D eigenvalue weighted by atomic mass is 35.5. The van der Waals surface area contributed by atoms with E-state index >= 15 is 0 Å². The maximum absolute atomic E-state index is 13.2. The van der Waals surface area contributed by atoms with E-state index in [0.29, 0.717) is 22.0 Å². The molecular formula is C25H23Cl2N5O5S. The minimum absolute atomic E-state index is 0.00553. The lowest BCUT2D eigenvalue weighted by Gasteiger charge is -2.14. The van der Waals surface area contributed by atoms with E-state index in [4.69, 9.17) is 27.9 Å². The zero-order valence-electron chi connectivity index (χ0n) is 20.5. The zero-order valence-corrected chi connectivity index (χ0v) is 22.9. The number of aromatic nitrogens is 3. The smallest absolute Gasteiger partial charge is 0.263 e. The van der Waals surface area contributed by atoms with Crippen molar-refractivity contribution in [3.05, 3.63) is 75.4 Å². The lowest BCUT2D eigenvalue weighted by Crippen LogP contribution is -2.32. The number of halogens is 2. The van der Waals surface area contributed by atoms with Crippen molar-refractivity contribution in [1.29, 1.82) is 0 Å². The van der Waals surface area contributed by atoms with Crippen molar-refractivity contribution in [3.63, 3.8) is 0 Å². The van der Waals surface area contributed by atoms with Gasteiger partial charge in [-0.25, -0.2) is 18.4 Å². The Morgan fingerprint density at radius 2 is 1.87 bits per heavy atom. The maximum Gasteiger partial charge on any atom is 0.263 e. The topological polar surface area (TPSA) is 132 Å². The Morgan fingerprint density at radius 1 is 1.11 bits per heavy atom. The van der Waals surface area contributed by atoms with Crippen molar-refractivity contribution in [2.45, 2.75) is 18.4 Å². The molecule has 0 saturated heterocycles. The molecule has 1 atom stereocenters. The predicted molar refractivity (Wildman–Crippen MR) is 146 cm³/mol. The van der Waals surface area contributed by atoms with Crippen LogP contribution in [0.3, 0.4) is 0 Å². The van der Waals surface area contributed by atoms with Crippen LogP contribution in [0.25, 0.3) is 22.0 Å². The van der Waals surface area contributed by atoms with Gasteiger partial charge in [0.1, 0.15) is 10.6 Å². The van der Waals surface area contributed by atoms with Gasteiger partial charge in [-0.2, -0.15) is 0 Å². The fourth-order valence-electron chi connectivity index (χ4n) is 3.82. The quantitative estimate of drug-likeness (QED) is 0.325. The number of rotatable bonds is 8. The first kappa shape index (κ1) is 27.4. The molecule has 2 heterocycles. The first-order valence-electron chi connectivity index (χ1n) is 11.3. The minimum atomic E-state index is -4.15. The van der Waals surface area contributed by atoms with Crippen LogP contribution < -0.4 is 20.3 Å². The van der Waals surface area contributed by atoms with Crippen LogP contribution in [0, 0.1) is 5.92 Å². The summed E-state index contributed by atoms with van der Waals surface area (Å²) in [6.45, 7) is 1.88. The van der Waals surface area contributed by atoms with Gasteiger partial charge in [0, 0.05) is 30.4 Å². The Hall–Kier alpha value is -3.67. The molecule has 2 aromatic heterocycles. The fraction of sp³-hybridized carbons (Fsp3) is 0.200. The molecule has 0 aliphatic carbocycles. The third kappa shape index (κ3) is 5.59. The Labute approximate surface area is 228 Å². The van der Waals surface area contributed by atoms with Gasteiger partial charge in [0.05, 0.1) is 35.3 Å². The largest absolute Gasteiger partial charge is 0.480 e. The van der Waals surface area contributed by atoms with Crippen molar-refractivity contribution in [1.82, 2.24) is 19.9 Å². The van der Waals surface area contributed by atoms with E-state index in [9.17, 15) is 18.0 Å². The number of fused-ring (bicyclic) bond motifs is 1. The molecule has 2 N–H and O–H groups in total. The second-order valence-electron chi connectivity index (χ2n) is 8.41. The van der Waals surface area contributed by atoms with E-state index in [1.165, 1.54) is 55.5 Å². The number of pyridine rings is 1. The van der Waals surface area contributed by atoms with Crippen molar-refractivity contribution in [2.75, 3.05) is 18.9 Å². The van der Waals surface area contributed by atoms with E-state index in [0.717, 1.165) is 0 Å². The summed E-state index contributed by atoms with van der Waals surface area (Å²) in [6.07, 6.45) is 2.90. The number of hydrogen-bond donors (Lipinski definition) is 2. The number of carbonyl (C=O) groups is 1. The van der Waals surface area contributed by atoms with Gasteiger partial charge in [-0.05, 0) is 42.0 Å². The van der Waals surface area contributed by atoms with Gasteiger partial charge in [0.15, 0.2) is 0 Å². The average molecular weight is 576 g/mol. The number of carbonyl (C=O) groups excluding carboxylic acids is 1. The SMILES string of the molecule is CNC(=O)C(C)Cn1cnc2ccc(-c3cnc(OC)c(NS(=O)(=O)c4cc(Cl)ccc4Cl)c3)cc2c1=O. The number of sulfonamides is 1. The molecule has 1 amide bonds. The van der Waals surface area contributed by atoms with E-state index in [1.807, 2.05) is 0 Å². The molecule has 2 aromatic carbocycles. The number of nitrogens with zero attached hydrogens (tertiary/aromatic N) is 3. The molecule has 13 heteroatoms. The van der Waals surface area contributed by atoms with Crippen molar-refractivity contribution in [2.24, 2.45) is 5.92 Å². The summed E-state index contributed by atoms with van der Waals surface area (Å²) >= 11 is 12.1. The lowest BCUT2D eigenvalue weighted by atomic mass is 10.0. The molecule has 0 aliphatic rings. The minimum Gasteiger partial charge on any atom is -0.480 e. The van der Waals surface area contributed by atoms with Gasteiger partial charge in [-0.3, -0.25) is 18.9 Å². The van der Waals surface area contributed by atoms with E-state index < -0.39 is 15.9 Å². The molecular weight excluding hydrogens is 553 g/mol. The highest BCUT2D eigenvalue weighted by Gasteiger charge is 2.22. The molecule has 38 heavy (non-hydrogen) atoms. The average Bonchev–Trinajstić information content (AvgIpc) is 2.90. The second-order valence-corrected chi connectivity index (χ2v) is 10.9. The Bertz CT molecular complexity index is 1710. The van der Waals surface area contributed by atoms with Crippen LogP contribution in [-0.4, -0.2) is 43.0 Å². The third-order valence-electron chi connectivity index (χ3n) is 5.79. The Balaban J connectivity index is 1.74. The molecule has 0 radical (unpaired) electrons. The number of methoxy groups -OCH3 is 1. The number of nitrogens with one attached hydrogen (secondary N) is 2. The lowest BCUT2D eigenvalue weighted by molar-refractivity contribution is -0.124. The fourth-order valence-corrected chi connectivity index (χ4v) is 5.63. The van der Waals surface area contributed by atoms with Gasteiger partial charge < -0.3 is 10.1 Å². The van der Waals surface area contributed by atoms with Crippen LogP contribution in [0.1, 0.15) is 6.92 Å². The highest BCUT2D eigenvalue weighted by Crippen LogP contribution is 2.33. The van der Waals surface area contributed by atoms with Gasteiger partial charge >= 0.3 is 0 Å². The first-order valence-corrected chi connectivity index (χ1v) is 13.5. The monoisotopic (exact) mass is 575 g/mol. The van der Waals surface area contributed by atoms with Crippen LogP contribution in [0.2, 0.25) is 10.0 Å². The van der Waals surface area contributed by atoms with Gasteiger partial charge in [-0.15, -0.1) is 0 Å². The summed E-state index contributed by atoms with van der Waals surface area (Å²) in [5.41, 5.74) is 1.32. The summed E-state index contributed by atoms with van der Waals surface area (Å²) in [6, 6.07) is 10.7. The van der Waals surface area contributed by atoms with Gasteiger partial charge in [0.2, 0.25) is 11.8 Å². The van der Waals surface area contributed by atoms with Crippen LogP contribution in [-0.2, 0) is 21.4 Å². The third-order valence-corrected chi connectivity index (χ3v) is 7.88. The molecule has 0 aliphatic heterocycles. The summed E-state index contributed by atoms with van der Waals surface area (Å²) in [5.74, 6) is -0.595. The normalized spacial score (nSPS) is 12.2. The number of benzene rings is 2. The number of amides is 1. The number of hydrogen-bond acceptors (Lipinski definition) is 7. The molecule has 0 fully saturated rings.